The second kappa shape index (κ2) is 17.4. The normalized spacial score (nSPS) is 13.2. The minimum atomic E-state index is -0.663. The highest BCUT2D eigenvalue weighted by atomic mass is 16.6. The van der Waals surface area contributed by atoms with Crippen LogP contribution in [0.4, 0.5) is 9.59 Å². The lowest BCUT2D eigenvalue weighted by molar-refractivity contribution is 0.0551. The molecule has 5 N–H and O–H groups in total. The summed E-state index contributed by atoms with van der Waals surface area (Å²) in [5.41, 5.74) is -0.160. The van der Waals surface area contributed by atoms with E-state index in [0.29, 0.717) is 41.8 Å². The fourth-order valence-corrected chi connectivity index (χ4v) is 4.67. The van der Waals surface area contributed by atoms with E-state index in [9.17, 15) is 9.59 Å². The SMILES string of the molecule is CC(C)(C)OC(=O)NC(=N)c1ccc(OCCCCN2CCN(CCCCOc3ccc(C(=N)NC(=O)OC(C)(C)C)cc3)C2=N)cc1. The van der Waals surface area contributed by atoms with Crippen molar-refractivity contribution in [3.8, 4) is 11.5 Å². The number of benzene rings is 2. The number of rotatable bonds is 14. The second-order valence-corrected chi connectivity index (χ2v) is 13.5. The van der Waals surface area contributed by atoms with Gasteiger partial charge < -0.3 is 28.7 Å². The van der Waals surface area contributed by atoms with E-state index >= 15 is 0 Å². The summed E-state index contributed by atoms with van der Waals surface area (Å²) in [6.07, 6.45) is 2.18. The van der Waals surface area contributed by atoms with E-state index < -0.39 is 23.4 Å². The Kier molecular flexibility index (Phi) is 13.6. The summed E-state index contributed by atoms with van der Waals surface area (Å²) < 4.78 is 22.1. The van der Waals surface area contributed by atoms with Crippen LogP contribution in [-0.2, 0) is 9.47 Å². The molecule has 0 atom stereocenters. The maximum Gasteiger partial charge on any atom is 0.413 e. The minimum Gasteiger partial charge on any atom is -0.494 e. The van der Waals surface area contributed by atoms with Gasteiger partial charge in [0.25, 0.3) is 0 Å². The predicted octanol–water partition coefficient (Wildman–Crippen LogP) is 5.96. The Hall–Kier alpha value is -4.81. The Balaban J connectivity index is 1.25. The lowest BCUT2D eigenvalue weighted by atomic mass is 10.2. The largest absolute Gasteiger partial charge is 0.494 e. The van der Waals surface area contributed by atoms with E-state index in [-0.39, 0.29) is 11.7 Å². The Bertz CT molecular complexity index is 1290. The Morgan fingerprint density at radius 2 is 1.00 bits per heavy atom. The van der Waals surface area contributed by atoms with Crippen LogP contribution in [0, 0.1) is 16.2 Å². The molecule has 0 unspecified atom stereocenters. The number of alkyl carbamates (subject to hydrolysis) is 2. The zero-order chi connectivity index (χ0) is 35.3. The van der Waals surface area contributed by atoms with Crippen LogP contribution in [0.2, 0.25) is 0 Å². The van der Waals surface area contributed by atoms with Gasteiger partial charge in [-0.1, -0.05) is 0 Å². The highest BCUT2D eigenvalue weighted by Gasteiger charge is 2.24. The molecule has 0 aliphatic carbocycles. The summed E-state index contributed by atoms with van der Waals surface area (Å²) in [5, 5.41) is 29.6. The molecular formula is C35H51N7O6. The molecule has 0 spiro atoms. The minimum absolute atomic E-state index is 0.0378. The van der Waals surface area contributed by atoms with E-state index in [0.717, 1.165) is 51.9 Å². The number of guanidine groups is 1. The highest BCUT2D eigenvalue weighted by molar-refractivity contribution is 6.05. The van der Waals surface area contributed by atoms with Crippen molar-refractivity contribution < 1.29 is 28.5 Å². The third kappa shape index (κ3) is 13.5. The summed E-state index contributed by atoms with van der Waals surface area (Å²) in [4.78, 5) is 28.0. The molecule has 1 heterocycles. The molecule has 3 rings (SSSR count). The van der Waals surface area contributed by atoms with Crippen LogP contribution in [0.5, 0.6) is 11.5 Å². The molecule has 13 nitrogen and oxygen atoms in total. The Morgan fingerprint density at radius 1 is 0.646 bits per heavy atom. The van der Waals surface area contributed by atoms with Crippen LogP contribution in [0.25, 0.3) is 0 Å². The lowest BCUT2D eigenvalue weighted by Gasteiger charge is -2.21. The molecule has 1 aliphatic heterocycles. The van der Waals surface area contributed by atoms with E-state index in [1.165, 1.54) is 0 Å². The van der Waals surface area contributed by atoms with Gasteiger partial charge in [0.05, 0.1) is 13.2 Å². The van der Waals surface area contributed by atoms with Crippen molar-refractivity contribution in [2.45, 2.75) is 78.4 Å². The number of nitrogens with one attached hydrogen (secondary N) is 5. The number of ether oxygens (including phenoxy) is 4. The number of carbonyl (C=O) groups excluding carboxylic acids is 2. The number of hydrogen-bond donors (Lipinski definition) is 5. The van der Waals surface area contributed by atoms with Crippen molar-refractivity contribution in [1.29, 1.82) is 16.2 Å². The average molecular weight is 666 g/mol. The molecular weight excluding hydrogens is 614 g/mol. The topological polar surface area (TPSA) is 173 Å². The molecule has 2 aromatic carbocycles. The highest BCUT2D eigenvalue weighted by Crippen LogP contribution is 2.16. The third-order valence-electron chi connectivity index (χ3n) is 6.96. The van der Waals surface area contributed by atoms with Crippen molar-refractivity contribution >= 4 is 29.8 Å². The van der Waals surface area contributed by atoms with Gasteiger partial charge >= 0.3 is 12.2 Å². The van der Waals surface area contributed by atoms with Gasteiger partial charge in [-0.2, -0.15) is 0 Å². The smallest absolute Gasteiger partial charge is 0.413 e. The second-order valence-electron chi connectivity index (χ2n) is 13.5. The lowest BCUT2D eigenvalue weighted by Crippen LogP contribution is -2.36. The summed E-state index contributed by atoms with van der Waals surface area (Å²) in [6.45, 7) is 15.0. The van der Waals surface area contributed by atoms with Crippen molar-refractivity contribution in [2.75, 3.05) is 39.4 Å². The first-order valence-electron chi connectivity index (χ1n) is 16.3. The van der Waals surface area contributed by atoms with Crippen molar-refractivity contribution in [2.24, 2.45) is 0 Å². The van der Waals surface area contributed by atoms with Gasteiger partial charge in [0, 0.05) is 37.3 Å². The maximum absolute atomic E-state index is 11.9. The van der Waals surface area contributed by atoms with Crippen LogP contribution < -0.4 is 20.1 Å². The monoisotopic (exact) mass is 665 g/mol. The first-order chi connectivity index (χ1) is 22.6. The molecule has 48 heavy (non-hydrogen) atoms. The Labute approximate surface area is 283 Å². The van der Waals surface area contributed by atoms with Gasteiger partial charge in [0.15, 0.2) is 5.96 Å². The zero-order valence-corrected chi connectivity index (χ0v) is 29.0. The van der Waals surface area contributed by atoms with Gasteiger partial charge in [0.1, 0.15) is 34.4 Å². The maximum atomic E-state index is 11.9. The number of amidine groups is 2. The van der Waals surface area contributed by atoms with Gasteiger partial charge in [-0.15, -0.1) is 0 Å². The molecule has 2 amide bonds. The van der Waals surface area contributed by atoms with Crippen LogP contribution in [0.15, 0.2) is 48.5 Å². The number of amides is 2. The zero-order valence-electron chi connectivity index (χ0n) is 29.0. The number of unbranched alkanes of at least 4 members (excludes halogenated alkanes) is 2. The van der Waals surface area contributed by atoms with Gasteiger partial charge in [0.2, 0.25) is 0 Å². The summed E-state index contributed by atoms with van der Waals surface area (Å²) >= 11 is 0. The fraction of sp³-hybridized carbons (Fsp3) is 0.514. The van der Waals surface area contributed by atoms with E-state index in [1.54, 1.807) is 90.1 Å². The molecule has 0 radical (unpaired) electrons. The van der Waals surface area contributed by atoms with E-state index in [2.05, 4.69) is 20.4 Å². The van der Waals surface area contributed by atoms with Crippen LogP contribution in [0.3, 0.4) is 0 Å². The van der Waals surface area contributed by atoms with Crippen LogP contribution in [0.1, 0.15) is 78.4 Å². The molecule has 0 bridgehead atoms. The standard InChI is InChI=1S/C35H51N7O6/c1-34(2,3)47-32(43)39-29(36)25-11-15-27(16-12-25)45-23-9-7-19-41-21-22-42(31(41)38)20-8-10-24-46-28-17-13-26(14-18-28)30(37)40-33(44)48-35(4,5)6/h11-18,38H,7-10,19-24H2,1-6H3,(H2,36,39,43)(H2,37,40,44). The van der Waals surface area contributed by atoms with Gasteiger partial charge in [-0.3, -0.25) is 26.9 Å². The van der Waals surface area contributed by atoms with Crippen molar-refractivity contribution in [3.63, 3.8) is 0 Å². The van der Waals surface area contributed by atoms with Crippen LogP contribution >= 0.6 is 0 Å². The summed E-state index contributed by atoms with van der Waals surface area (Å²) in [6, 6.07) is 14.0. The van der Waals surface area contributed by atoms with Crippen LogP contribution in [-0.4, -0.2) is 90.2 Å². The summed E-state index contributed by atoms with van der Waals surface area (Å²) in [7, 11) is 0. The van der Waals surface area contributed by atoms with Gasteiger partial charge in [-0.25, -0.2) is 9.59 Å². The van der Waals surface area contributed by atoms with E-state index in [4.69, 9.17) is 35.2 Å². The Morgan fingerprint density at radius 3 is 1.33 bits per heavy atom. The molecule has 262 valence electrons. The quantitative estimate of drug-likeness (QED) is 0.0934. The molecule has 13 heteroatoms. The van der Waals surface area contributed by atoms with Crippen molar-refractivity contribution in [3.05, 3.63) is 59.7 Å². The first-order valence-corrected chi connectivity index (χ1v) is 16.3. The fourth-order valence-electron chi connectivity index (χ4n) is 4.67. The third-order valence-corrected chi connectivity index (χ3v) is 6.96. The predicted molar refractivity (Wildman–Crippen MR) is 186 cm³/mol. The molecule has 0 saturated carbocycles. The van der Waals surface area contributed by atoms with Crippen molar-refractivity contribution in [1.82, 2.24) is 20.4 Å². The molecule has 0 aromatic heterocycles. The molecule has 1 aliphatic rings. The number of nitrogens with zero attached hydrogens (tertiary/aromatic N) is 2. The number of hydrogen-bond acceptors (Lipinski definition) is 9. The average Bonchev–Trinajstić information content (AvgIpc) is 3.34. The summed E-state index contributed by atoms with van der Waals surface area (Å²) in [5.74, 6) is 1.87. The first kappa shape index (κ1) is 37.6. The van der Waals surface area contributed by atoms with Gasteiger partial charge in [-0.05, 0) is 116 Å². The molecule has 1 fully saturated rings. The molecule has 2 aromatic rings. The van der Waals surface area contributed by atoms with E-state index in [1.807, 2.05) is 0 Å². The number of carbonyl (C=O) groups is 2. The molecule has 1 saturated heterocycles.